The smallest absolute Gasteiger partial charge is 0.217 e. The zero-order valence-electron chi connectivity index (χ0n) is 12.9. The molecule has 0 atom stereocenters. The van der Waals surface area contributed by atoms with Crippen molar-refractivity contribution in [3.63, 3.8) is 0 Å². The molecule has 2 N–H and O–H groups in total. The number of hydrogen-bond donors (Lipinski definition) is 1. The summed E-state index contributed by atoms with van der Waals surface area (Å²) in [4.78, 5) is 10.7. The third-order valence-electron chi connectivity index (χ3n) is 3.79. The molecule has 0 aliphatic heterocycles. The van der Waals surface area contributed by atoms with Crippen molar-refractivity contribution in [1.29, 1.82) is 0 Å². The maximum Gasteiger partial charge on any atom is 0.217 e. The van der Waals surface area contributed by atoms with E-state index in [9.17, 15) is 4.79 Å². The Hall–Kier alpha value is -1.31. The largest absolute Gasteiger partial charge is 0.370 e. The summed E-state index contributed by atoms with van der Waals surface area (Å²) in [5.41, 5.74) is 8.15. The first-order valence-corrected chi connectivity index (χ1v) is 8.09. The fraction of sp³-hybridized carbons (Fsp3) is 0.611. The lowest BCUT2D eigenvalue weighted by Gasteiger charge is -2.09. The third kappa shape index (κ3) is 7.32. The number of aryl methyl sites for hydroxylation is 2. The zero-order chi connectivity index (χ0) is 14.6. The number of amides is 1. The van der Waals surface area contributed by atoms with Crippen LogP contribution in [0, 0.1) is 0 Å². The van der Waals surface area contributed by atoms with Crippen LogP contribution in [-0.4, -0.2) is 5.91 Å². The van der Waals surface area contributed by atoms with Crippen LogP contribution in [0.1, 0.15) is 69.4 Å². The molecule has 0 aromatic heterocycles. The van der Waals surface area contributed by atoms with E-state index in [1.165, 1.54) is 43.2 Å². The Bertz CT molecular complexity index is 387. The van der Waals surface area contributed by atoms with Crippen molar-refractivity contribution in [1.82, 2.24) is 0 Å². The van der Waals surface area contributed by atoms with Gasteiger partial charge in [-0.15, -0.1) is 0 Å². The average Bonchev–Trinajstić information content (AvgIpc) is 2.44. The highest BCUT2D eigenvalue weighted by Gasteiger charge is 2.02. The molecule has 20 heavy (non-hydrogen) atoms. The second kappa shape index (κ2) is 10.5. The lowest BCUT2D eigenvalue weighted by Crippen LogP contribution is -2.09. The molecule has 1 amide bonds. The first-order valence-electron chi connectivity index (χ1n) is 8.09. The molecule has 0 unspecified atom stereocenters. The minimum absolute atomic E-state index is 0.179. The van der Waals surface area contributed by atoms with Crippen LogP contribution < -0.4 is 5.73 Å². The topological polar surface area (TPSA) is 43.1 Å². The monoisotopic (exact) mass is 275 g/mol. The Morgan fingerprint density at radius 2 is 1.45 bits per heavy atom. The van der Waals surface area contributed by atoms with E-state index in [-0.39, 0.29) is 5.91 Å². The zero-order valence-corrected chi connectivity index (χ0v) is 12.9. The summed E-state index contributed by atoms with van der Waals surface area (Å²) in [5.74, 6) is -0.179. The Morgan fingerprint density at radius 3 is 1.95 bits per heavy atom. The van der Waals surface area contributed by atoms with E-state index < -0.39 is 0 Å². The van der Waals surface area contributed by atoms with Gasteiger partial charge < -0.3 is 5.73 Å². The Kier molecular flexibility index (Phi) is 8.77. The van der Waals surface area contributed by atoms with E-state index in [1.54, 1.807) is 0 Å². The fourth-order valence-electron chi connectivity index (χ4n) is 2.58. The maximum atomic E-state index is 10.7. The number of carbonyl (C=O) groups excluding carboxylic acids is 1. The minimum atomic E-state index is -0.179. The number of primary amides is 1. The van der Waals surface area contributed by atoms with Gasteiger partial charge >= 0.3 is 0 Å². The molecule has 1 aromatic carbocycles. The molecule has 2 nitrogen and oxygen atoms in total. The normalized spacial score (nSPS) is 10.7. The molecule has 0 heterocycles. The van der Waals surface area contributed by atoms with Gasteiger partial charge in [-0.25, -0.2) is 0 Å². The Balaban J connectivity index is 2.31. The van der Waals surface area contributed by atoms with Crippen LogP contribution >= 0.6 is 0 Å². The summed E-state index contributed by atoms with van der Waals surface area (Å²) >= 11 is 0. The van der Waals surface area contributed by atoms with E-state index in [4.69, 9.17) is 5.73 Å². The van der Waals surface area contributed by atoms with Crippen LogP contribution in [0.25, 0.3) is 0 Å². The molecule has 112 valence electrons. The van der Waals surface area contributed by atoms with Gasteiger partial charge in [0.1, 0.15) is 0 Å². The molecule has 0 aliphatic carbocycles. The Labute approximate surface area is 123 Å². The number of benzene rings is 1. The molecule has 0 saturated carbocycles. The van der Waals surface area contributed by atoms with Crippen molar-refractivity contribution in [2.45, 2.75) is 71.1 Å². The summed E-state index contributed by atoms with van der Waals surface area (Å²) in [7, 11) is 0. The second-order valence-corrected chi connectivity index (χ2v) is 5.61. The molecule has 1 rings (SSSR count). The Morgan fingerprint density at radius 1 is 0.900 bits per heavy atom. The van der Waals surface area contributed by atoms with Gasteiger partial charge in [0, 0.05) is 6.42 Å². The van der Waals surface area contributed by atoms with Gasteiger partial charge in [0.25, 0.3) is 0 Å². The highest BCUT2D eigenvalue weighted by molar-refractivity contribution is 5.73. The predicted octanol–water partition coefficient (Wildman–Crippen LogP) is 4.40. The van der Waals surface area contributed by atoms with Crippen molar-refractivity contribution in [3.05, 3.63) is 35.4 Å². The number of unbranched alkanes of at least 4 members (excludes halogenated alkanes) is 5. The van der Waals surface area contributed by atoms with Gasteiger partial charge in [-0.2, -0.15) is 0 Å². The van der Waals surface area contributed by atoms with Gasteiger partial charge in [-0.1, -0.05) is 56.9 Å². The van der Waals surface area contributed by atoms with Gasteiger partial charge in [0.15, 0.2) is 0 Å². The van der Waals surface area contributed by atoms with Crippen molar-refractivity contribution in [2.24, 2.45) is 5.73 Å². The summed E-state index contributed by atoms with van der Waals surface area (Å²) in [6.45, 7) is 2.25. The molecule has 2 heteroatoms. The van der Waals surface area contributed by atoms with E-state index in [2.05, 4.69) is 31.2 Å². The molecular formula is C18H29NO. The quantitative estimate of drug-likeness (QED) is 0.598. The highest BCUT2D eigenvalue weighted by atomic mass is 16.1. The average molecular weight is 275 g/mol. The van der Waals surface area contributed by atoms with E-state index in [0.717, 1.165) is 25.7 Å². The van der Waals surface area contributed by atoms with Gasteiger partial charge in [-0.3, -0.25) is 4.79 Å². The summed E-state index contributed by atoms with van der Waals surface area (Å²) in [6, 6.07) is 8.80. The number of carbonyl (C=O) groups is 1. The molecule has 0 fully saturated rings. The van der Waals surface area contributed by atoms with Gasteiger partial charge in [0.05, 0.1) is 0 Å². The summed E-state index contributed by atoms with van der Waals surface area (Å²) in [5, 5.41) is 0. The van der Waals surface area contributed by atoms with Crippen molar-refractivity contribution < 1.29 is 4.79 Å². The molecule has 0 saturated heterocycles. The molecular weight excluding hydrogens is 246 g/mol. The lowest BCUT2D eigenvalue weighted by atomic mass is 9.97. The highest BCUT2D eigenvalue weighted by Crippen LogP contribution is 2.16. The van der Waals surface area contributed by atoms with Crippen molar-refractivity contribution >= 4 is 5.91 Å². The summed E-state index contributed by atoms with van der Waals surface area (Å²) in [6.07, 6.45) is 11.3. The predicted molar refractivity (Wildman–Crippen MR) is 85.7 cm³/mol. The van der Waals surface area contributed by atoms with Gasteiger partial charge in [0.2, 0.25) is 5.91 Å². The first kappa shape index (κ1) is 16.7. The molecule has 0 spiro atoms. The lowest BCUT2D eigenvalue weighted by molar-refractivity contribution is -0.118. The van der Waals surface area contributed by atoms with Crippen LogP contribution in [0.15, 0.2) is 24.3 Å². The first-order chi connectivity index (χ1) is 9.74. The fourth-order valence-corrected chi connectivity index (χ4v) is 2.58. The molecule has 0 aliphatic rings. The SMILES string of the molecule is CCCCCCc1ccccc1CCCCCC(N)=O. The van der Waals surface area contributed by atoms with Crippen LogP contribution in [0.3, 0.4) is 0 Å². The van der Waals surface area contributed by atoms with E-state index in [1.807, 2.05) is 0 Å². The minimum Gasteiger partial charge on any atom is -0.370 e. The van der Waals surface area contributed by atoms with Crippen LogP contribution in [0.4, 0.5) is 0 Å². The van der Waals surface area contributed by atoms with Gasteiger partial charge in [-0.05, 0) is 43.2 Å². The molecule has 0 bridgehead atoms. The number of rotatable bonds is 11. The molecule has 1 aromatic rings. The maximum absolute atomic E-state index is 10.7. The van der Waals surface area contributed by atoms with Crippen molar-refractivity contribution in [3.8, 4) is 0 Å². The van der Waals surface area contributed by atoms with E-state index in [0.29, 0.717) is 6.42 Å². The standard InChI is InChI=1S/C18H29NO/c1-2-3-4-6-11-16-13-9-10-14-17(16)12-7-5-8-15-18(19)20/h9-10,13-14H,2-8,11-12,15H2,1H3,(H2,19,20). The third-order valence-corrected chi connectivity index (χ3v) is 3.79. The summed E-state index contributed by atoms with van der Waals surface area (Å²) < 4.78 is 0. The molecule has 0 radical (unpaired) electrons. The number of hydrogen-bond acceptors (Lipinski definition) is 1. The van der Waals surface area contributed by atoms with Crippen LogP contribution in [-0.2, 0) is 17.6 Å². The second-order valence-electron chi connectivity index (χ2n) is 5.61. The number of nitrogens with two attached hydrogens (primary N) is 1. The van der Waals surface area contributed by atoms with Crippen LogP contribution in [0.2, 0.25) is 0 Å². The van der Waals surface area contributed by atoms with E-state index >= 15 is 0 Å². The van der Waals surface area contributed by atoms with Crippen molar-refractivity contribution in [2.75, 3.05) is 0 Å². The van der Waals surface area contributed by atoms with Crippen LogP contribution in [0.5, 0.6) is 0 Å².